The van der Waals surface area contributed by atoms with Crippen molar-refractivity contribution in [2.75, 3.05) is 7.11 Å². The largest absolute Gasteiger partial charge is 0.466 e. The van der Waals surface area contributed by atoms with Crippen LogP contribution in [0.5, 0.6) is 5.75 Å². The minimum atomic E-state index is -0.387. The molecule has 0 aromatic heterocycles. The highest BCUT2D eigenvalue weighted by Gasteiger charge is 1.99. The van der Waals surface area contributed by atoms with Crippen molar-refractivity contribution in [1.29, 1.82) is 0 Å². The van der Waals surface area contributed by atoms with E-state index in [1.165, 1.54) is 13.2 Å². The Morgan fingerprint density at radius 2 is 2.00 bits per heavy atom. The molecule has 0 fully saturated rings. The molecule has 0 heterocycles. The molecule has 3 heteroatoms. The van der Waals surface area contributed by atoms with Gasteiger partial charge in [-0.3, -0.25) is 0 Å². The summed E-state index contributed by atoms with van der Waals surface area (Å²) >= 11 is 0. The Labute approximate surface area is 108 Å². The lowest BCUT2D eigenvalue weighted by Gasteiger charge is -2.04. The molecule has 3 nitrogen and oxygen atoms in total. The number of carbonyl (C=O) groups excluding carboxylic acids is 1. The standard InChI is InChI=1S/C15H18O3/c1-12(2)10-11-18-14-7-5-4-6-13(14)8-9-15(16)17-3/h4-12H,1-3H3/b9-8+,11-10+. The van der Waals surface area contributed by atoms with E-state index in [1.807, 2.05) is 30.3 Å². The number of methoxy groups -OCH3 is 1. The van der Waals surface area contributed by atoms with Crippen LogP contribution in [0.2, 0.25) is 0 Å². The van der Waals surface area contributed by atoms with E-state index in [9.17, 15) is 4.79 Å². The Bertz CT molecular complexity index is 445. The summed E-state index contributed by atoms with van der Waals surface area (Å²) in [4.78, 5) is 11.0. The Kier molecular flexibility index (Phi) is 5.71. The fraction of sp³-hybridized carbons (Fsp3) is 0.267. The molecule has 0 aliphatic carbocycles. The summed E-state index contributed by atoms with van der Waals surface area (Å²) in [5, 5.41) is 0. The maximum absolute atomic E-state index is 11.0. The van der Waals surface area contributed by atoms with Gasteiger partial charge in [0.15, 0.2) is 0 Å². The van der Waals surface area contributed by atoms with Crippen LogP contribution in [0.25, 0.3) is 6.08 Å². The molecule has 0 bridgehead atoms. The summed E-state index contributed by atoms with van der Waals surface area (Å²) in [6, 6.07) is 7.49. The zero-order valence-corrected chi connectivity index (χ0v) is 10.9. The molecule has 1 aromatic carbocycles. The van der Waals surface area contributed by atoms with Gasteiger partial charge in [-0.2, -0.15) is 0 Å². The number of benzene rings is 1. The Morgan fingerprint density at radius 1 is 1.28 bits per heavy atom. The summed E-state index contributed by atoms with van der Waals surface area (Å²) in [6.07, 6.45) is 6.66. The smallest absolute Gasteiger partial charge is 0.330 e. The second kappa shape index (κ2) is 7.33. The van der Waals surface area contributed by atoms with E-state index < -0.39 is 0 Å². The van der Waals surface area contributed by atoms with E-state index in [0.717, 1.165) is 5.56 Å². The molecular weight excluding hydrogens is 228 g/mol. The van der Waals surface area contributed by atoms with E-state index in [1.54, 1.807) is 12.3 Å². The van der Waals surface area contributed by atoms with Crippen molar-refractivity contribution in [3.8, 4) is 5.75 Å². The molecule has 0 spiro atoms. The molecule has 96 valence electrons. The molecule has 18 heavy (non-hydrogen) atoms. The van der Waals surface area contributed by atoms with E-state index >= 15 is 0 Å². The van der Waals surface area contributed by atoms with Crippen molar-refractivity contribution in [2.24, 2.45) is 5.92 Å². The monoisotopic (exact) mass is 246 g/mol. The van der Waals surface area contributed by atoms with Gasteiger partial charge >= 0.3 is 5.97 Å². The lowest BCUT2D eigenvalue weighted by Crippen LogP contribution is -1.94. The maximum Gasteiger partial charge on any atom is 0.330 e. The summed E-state index contributed by atoms with van der Waals surface area (Å²) < 4.78 is 10.1. The van der Waals surface area contributed by atoms with Crippen molar-refractivity contribution in [1.82, 2.24) is 0 Å². The average Bonchev–Trinajstić information content (AvgIpc) is 2.36. The second-order valence-corrected chi connectivity index (χ2v) is 4.08. The highest BCUT2D eigenvalue weighted by molar-refractivity contribution is 5.87. The van der Waals surface area contributed by atoms with Gasteiger partial charge in [-0.05, 0) is 24.1 Å². The highest BCUT2D eigenvalue weighted by Crippen LogP contribution is 2.19. The van der Waals surface area contributed by atoms with E-state index in [2.05, 4.69) is 18.6 Å². The van der Waals surface area contributed by atoms with Gasteiger partial charge in [0.25, 0.3) is 0 Å². The number of hydrogen-bond acceptors (Lipinski definition) is 3. The molecular formula is C15H18O3. The van der Waals surface area contributed by atoms with Crippen LogP contribution in [0.15, 0.2) is 42.7 Å². The third-order valence-corrected chi connectivity index (χ3v) is 2.18. The SMILES string of the molecule is COC(=O)/C=C/c1ccccc1O/C=C/C(C)C. The summed E-state index contributed by atoms with van der Waals surface area (Å²) in [5.41, 5.74) is 0.830. The first-order valence-corrected chi connectivity index (χ1v) is 5.82. The van der Waals surface area contributed by atoms with Crippen molar-refractivity contribution in [3.05, 3.63) is 48.2 Å². The lowest BCUT2D eigenvalue weighted by atomic mass is 10.2. The molecule has 0 radical (unpaired) electrons. The van der Waals surface area contributed by atoms with E-state index in [0.29, 0.717) is 11.7 Å². The third kappa shape index (κ3) is 4.87. The first-order chi connectivity index (χ1) is 8.63. The van der Waals surface area contributed by atoms with Gasteiger partial charge in [0.1, 0.15) is 5.75 Å². The first kappa shape index (κ1) is 14.0. The molecule has 1 aromatic rings. The van der Waals surface area contributed by atoms with Crippen molar-refractivity contribution in [2.45, 2.75) is 13.8 Å². The van der Waals surface area contributed by atoms with Crippen LogP contribution >= 0.6 is 0 Å². The zero-order chi connectivity index (χ0) is 13.4. The van der Waals surface area contributed by atoms with Gasteiger partial charge in [0.2, 0.25) is 0 Å². The summed E-state index contributed by atoms with van der Waals surface area (Å²) in [5.74, 6) is 0.750. The van der Waals surface area contributed by atoms with Crippen molar-refractivity contribution >= 4 is 12.0 Å². The van der Waals surface area contributed by atoms with Gasteiger partial charge in [0, 0.05) is 11.6 Å². The number of hydrogen-bond donors (Lipinski definition) is 0. The zero-order valence-electron chi connectivity index (χ0n) is 10.9. The van der Waals surface area contributed by atoms with E-state index in [-0.39, 0.29) is 5.97 Å². The number of carbonyl (C=O) groups is 1. The quantitative estimate of drug-likeness (QED) is 0.453. The molecule has 0 amide bonds. The van der Waals surface area contributed by atoms with Crippen LogP contribution in [0.1, 0.15) is 19.4 Å². The van der Waals surface area contributed by atoms with Crippen LogP contribution in [0.3, 0.4) is 0 Å². The van der Waals surface area contributed by atoms with Crippen LogP contribution in [0, 0.1) is 5.92 Å². The topological polar surface area (TPSA) is 35.5 Å². The molecule has 0 atom stereocenters. The van der Waals surface area contributed by atoms with Gasteiger partial charge in [0.05, 0.1) is 13.4 Å². The number of rotatable bonds is 5. The first-order valence-electron chi connectivity index (χ1n) is 5.82. The van der Waals surface area contributed by atoms with Crippen LogP contribution in [-0.2, 0) is 9.53 Å². The van der Waals surface area contributed by atoms with Crippen molar-refractivity contribution < 1.29 is 14.3 Å². The minimum Gasteiger partial charge on any atom is -0.466 e. The van der Waals surface area contributed by atoms with Crippen LogP contribution in [-0.4, -0.2) is 13.1 Å². The fourth-order valence-electron chi connectivity index (χ4n) is 1.22. The second-order valence-electron chi connectivity index (χ2n) is 4.08. The maximum atomic E-state index is 11.0. The van der Waals surface area contributed by atoms with Crippen LogP contribution < -0.4 is 4.74 Å². The van der Waals surface area contributed by atoms with E-state index in [4.69, 9.17) is 4.74 Å². The fourth-order valence-corrected chi connectivity index (χ4v) is 1.22. The third-order valence-electron chi connectivity index (χ3n) is 2.18. The van der Waals surface area contributed by atoms with Crippen LogP contribution in [0.4, 0.5) is 0 Å². The molecule has 0 saturated heterocycles. The molecule has 0 aliphatic rings. The molecule has 1 rings (SSSR count). The Balaban J connectivity index is 2.79. The predicted molar refractivity (Wildman–Crippen MR) is 72.1 cm³/mol. The lowest BCUT2D eigenvalue weighted by molar-refractivity contribution is -0.134. The van der Waals surface area contributed by atoms with Gasteiger partial charge < -0.3 is 9.47 Å². The number of esters is 1. The number of allylic oxidation sites excluding steroid dienone is 1. The summed E-state index contributed by atoms with van der Waals surface area (Å²) in [7, 11) is 1.35. The van der Waals surface area contributed by atoms with Gasteiger partial charge in [-0.25, -0.2) is 4.79 Å². The van der Waals surface area contributed by atoms with Crippen molar-refractivity contribution in [3.63, 3.8) is 0 Å². The van der Waals surface area contributed by atoms with Gasteiger partial charge in [-0.15, -0.1) is 0 Å². The number of ether oxygens (including phenoxy) is 2. The summed E-state index contributed by atoms with van der Waals surface area (Å²) in [6.45, 7) is 4.14. The average molecular weight is 246 g/mol. The number of para-hydroxylation sites is 1. The highest BCUT2D eigenvalue weighted by atomic mass is 16.5. The normalized spacial score (nSPS) is 11.3. The molecule has 0 N–H and O–H groups in total. The molecule has 0 saturated carbocycles. The molecule has 0 unspecified atom stereocenters. The Hall–Kier alpha value is -2.03. The Morgan fingerprint density at radius 3 is 2.67 bits per heavy atom. The van der Waals surface area contributed by atoms with Gasteiger partial charge in [-0.1, -0.05) is 32.0 Å². The minimum absolute atomic E-state index is 0.387. The predicted octanol–water partition coefficient (Wildman–Crippen LogP) is 3.42. The molecule has 0 aliphatic heterocycles.